The Morgan fingerprint density at radius 1 is 1.14 bits per heavy atom. The summed E-state index contributed by atoms with van der Waals surface area (Å²) in [5.41, 5.74) is 2.60. The monoisotopic (exact) mass is 375 g/mol. The van der Waals surface area contributed by atoms with Gasteiger partial charge in [-0.2, -0.15) is 0 Å². The fourth-order valence-corrected chi connectivity index (χ4v) is 4.08. The Balaban J connectivity index is 1.51. The van der Waals surface area contributed by atoms with Gasteiger partial charge in [0.15, 0.2) is 0 Å². The van der Waals surface area contributed by atoms with E-state index < -0.39 is 5.41 Å². The van der Waals surface area contributed by atoms with Gasteiger partial charge in [0.1, 0.15) is 11.5 Å². The van der Waals surface area contributed by atoms with Crippen LogP contribution < -0.4 is 5.32 Å². The van der Waals surface area contributed by atoms with Crippen molar-refractivity contribution in [2.45, 2.75) is 19.4 Å². The average Bonchev–Trinajstić information content (AvgIpc) is 3.37. The SMILES string of the molecule is CNC(=O)[C@@]1(Cc2cc(-c3ccccc3)no2)CCN(Cc2ccccc2)C1. The van der Waals surface area contributed by atoms with Crippen LogP contribution in [-0.4, -0.2) is 36.1 Å². The molecule has 4 rings (SSSR count). The maximum Gasteiger partial charge on any atom is 0.227 e. The van der Waals surface area contributed by atoms with E-state index in [2.05, 4.69) is 39.6 Å². The first-order valence-corrected chi connectivity index (χ1v) is 9.68. The maximum atomic E-state index is 12.8. The number of nitrogens with one attached hydrogen (secondary N) is 1. The molecule has 2 aromatic carbocycles. The zero-order valence-electron chi connectivity index (χ0n) is 16.1. The summed E-state index contributed by atoms with van der Waals surface area (Å²) in [6.45, 7) is 2.45. The molecule has 0 saturated carbocycles. The Kier molecular flexibility index (Phi) is 5.26. The second kappa shape index (κ2) is 7.98. The molecule has 1 aromatic heterocycles. The van der Waals surface area contributed by atoms with Gasteiger partial charge in [-0.25, -0.2) is 0 Å². The minimum atomic E-state index is -0.489. The highest BCUT2D eigenvalue weighted by molar-refractivity contribution is 5.83. The third-order valence-electron chi connectivity index (χ3n) is 5.53. The molecule has 3 aromatic rings. The topological polar surface area (TPSA) is 58.4 Å². The van der Waals surface area contributed by atoms with E-state index in [4.69, 9.17) is 4.52 Å². The molecule has 1 N–H and O–H groups in total. The van der Waals surface area contributed by atoms with E-state index in [-0.39, 0.29) is 5.91 Å². The third-order valence-corrected chi connectivity index (χ3v) is 5.53. The van der Waals surface area contributed by atoms with E-state index in [9.17, 15) is 4.79 Å². The molecule has 2 heterocycles. The van der Waals surface area contributed by atoms with Gasteiger partial charge in [0, 0.05) is 38.2 Å². The molecular formula is C23H25N3O2. The average molecular weight is 375 g/mol. The molecular weight excluding hydrogens is 350 g/mol. The summed E-state index contributed by atoms with van der Waals surface area (Å²) >= 11 is 0. The molecule has 1 saturated heterocycles. The van der Waals surface area contributed by atoms with Crippen LogP contribution in [0.3, 0.4) is 0 Å². The van der Waals surface area contributed by atoms with Crippen LogP contribution in [-0.2, 0) is 17.8 Å². The van der Waals surface area contributed by atoms with Crippen molar-refractivity contribution in [1.29, 1.82) is 0 Å². The smallest absolute Gasteiger partial charge is 0.227 e. The largest absolute Gasteiger partial charge is 0.361 e. The van der Waals surface area contributed by atoms with Crippen molar-refractivity contribution in [2.24, 2.45) is 5.41 Å². The Hall–Kier alpha value is -2.92. The Morgan fingerprint density at radius 2 is 1.86 bits per heavy atom. The van der Waals surface area contributed by atoms with Gasteiger partial charge in [-0.1, -0.05) is 65.8 Å². The van der Waals surface area contributed by atoms with E-state index in [0.717, 1.165) is 36.5 Å². The summed E-state index contributed by atoms with van der Waals surface area (Å²) in [5, 5.41) is 7.07. The molecule has 0 spiro atoms. The van der Waals surface area contributed by atoms with E-state index in [0.29, 0.717) is 13.0 Å². The van der Waals surface area contributed by atoms with Crippen molar-refractivity contribution in [3.8, 4) is 11.3 Å². The number of nitrogens with zero attached hydrogens (tertiary/aromatic N) is 2. The normalized spacial score (nSPS) is 19.6. The zero-order valence-corrected chi connectivity index (χ0v) is 16.1. The lowest BCUT2D eigenvalue weighted by atomic mass is 9.81. The second-order valence-electron chi connectivity index (χ2n) is 7.53. The van der Waals surface area contributed by atoms with Crippen LogP contribution in [0.15, 0.2) is 71.3 Å². The first kappa shape index (κ1) is 18.4. The van der Waals surface area contributed by atoms with Gasteiger partial charge in [0.05, 0.1) is 5.41 Å². The highest BCUT2D eigenvalue weighted by atomic mass is 16.5. The number of benzene rings is 2. The van der Waals surface area contributed by atoms with Crippen molar-refractivity contribution in [3.05, 3.63) is 78.1 Å². The summed E-state index contributed by atoms with van der Waals surface area (Å²) in [5.74, 6) is 0.824. The molecule has 1 atom stereocenters. The summed E-state index contributed by atoms with van der Waals surface area (Å²) in [4.78, 5) is 15.2. The van der Waals surface area contributed by atoms with Gasteiger partial charge >= 0.3 is 0 Å². The third kappa shape index (κ3) is 3.85. The van der Waals surface area contributed by atoms with Gasteiger partial charge in [-0.05, 0) is 18.5 Å². The predicted octanol–water partition coefficient (Wildman–Crippen LogP) is 3.52. The molecule has 0 radical (unpaired) electrons. The highest BCUT2D eigenvalue weighted by Gasteiger charge is 2.45. The lowest BCUT2D eigenvalue weighted by Crippen LogP contribution is -2.43. The van der Waals surface area contributed by atoms with Crippen molar-refractivity contribution in [3.63, 3.8) is 0 Å². The molecule has 1 fully saturated rings. The molecule has 1 aliphatic rings. The number of carbonyl (C=O) groups is 1. The number of rotatable bonds is 6. The number of amides is 1. The maximum absolute atomic E-state index is 12.8. The quantitative estimate of drug-likeness (QED) is 0.716. The van der Waals surface area contributed by atoms with Crippen molar-refractivity contribution < 1.29 is 9.32 Å². The number of hydrogen-bond acceptors (Lipinski definition) is 4. The highest BCUT2D eigenvalue weighted by Crippen LogP contribution is 2.36. The van der Waals surface area contributed by atoms with Crippen molar-refractivity contribution in [2.75, 3.05) is 20.1 Å². The van der Waals surface area contributed by atoms with E-state index in [1.165, 1.54) is 5.56 Å². The lowest BCUT2D eigenvalue weighted by Gasteiger charge is -2.26. The molecule has 1 amide bonds. The van der Waals surface area contributed by atoms with E-state index >= 15 is 0 Å². The minimum absolute atomic E-state index is 0.0701. The Bertz CT molecular complexity index is 923. The first-order chi connectivity index (χ1) is 13.7. The summed E-state index contributed by atoms with van der Waals surface area (Å²) in [6.07, 6.45) is 1.36. The van der Waals surface area contributed by atoms with Crippen LogP contribution in [0.5, 0.6) is 0 Å². The molecule has 28 heavy (non-hydrogen) atoms. The van der Waals surface area contributed by atoms with Crippen LogP contribution >= 0.6 is 0 Å². The molecule has 0 bridgehead atoms. The van der Waals surface area contributed by atoms with Crippen LogP contribution in [0, 0.1) is 5.41 Å². The fourth-order valence-electron chi connectivity index (χ4n) is 4.08. The zero-order chi connectivity index (χ0) is 19.4. The standard InChI is InChI=1S/C23H25N3O2/c1-24-22(27)23(12-13-26(17-23)16-18-8-4-2-5-9-18)15-20-14-21(25-28-20)19-10-6-3-7-11-19/h2-11,14H,12-13,15-17H2,1H3,(H,24,27)/t23-/m1/s1. The van der Waals surface area contributed by atoms with E-state index in [1.807, 2.05) is 42.5 Å². The number of likely N-dealkylation sites (tertiary alicyclic amines) is 1. The Labute approximate surface area is 165 Å². The minimum Gasteiger partial charge on any atom is -0.361 e. The van der Waals surface area contributed by atoms with Gasteiger partial charge in [-0.15, -0.1) is 0 Å². The van der Waals surface area contributed by atoms with Gasteiger partial charge in [0.25, 0.3) is 0 Å². The number of hydrogen-bond donors (Lipinski definition) is 1. The van der Waals surface area contributed by atoms with Gasteiger partial charge in [-0.3, -0.25) is 9.69 Å². The molecule has 144 valence electrons. The van der Waals surface area contributed by atoms with Crippen LogP contribution in [0.1, 0.15) is 17.7 Å². The summed E-state index contributed by atoms with van der Waals surface area (Å²) in [6, 6.07) is 22.3. The van der Waals surface area contributed by atoms with Gasteiger partial charge < -0.3 is 9.84 Å². The molecule has 5 heteroatoms. The van der Waals surface area contributed by atoms with Crippen molar-refractivity contribution in [1.82, 2.24) is 15.4 Å². The fraction of sp³-hybridized carbons (Fsp3) is 0.304. The second-order valence-corrected chi connectivity index (χ2v) is 7.53. The van der Waals surface area contributed by atoms with E-state index in [1.54, 1.807) is 7.05 Å². The van der Waals surface area contributed by atoms with Crippen molar-refractivity contribution >= 4 is 5.91 Å². The molecule has 0 unspecified atom stereocenters. The summed E-state index contributed by atoms with van der Waals surface area (Å²) in [7, 11) is 1.71. The van der Waals surface area contributed by atoms with Crippen LogP contribution in [0.4, 0.5) is 0 Å². The predicted molar refractivity (Wildman–Crippen MR) is 108 cm³/mol. The van der Waals surface area contributed by atoms with Crippen LogP contribution in [0.2, 0.25) is 0 Å². The summed E-state index contributed by atoms with van der Waals surface area (Å²) < 4.78 is 5.61. The number of carbonyl (C=O) groups excluding carboxylic acids is 1. The molecule has 5 nitrogen and oxygen atoms in total. The van der Waals surface area contributed by atoms with Gasteiger partial charge in [0.2, 0.25) is 5.91 Å². The van der Waals surface area contributed by atoms with Crippen LogP contribution in [0.25, 0.3) is 11.3 Å². The number of aromatic nitrogens is 1. The Morgan fingerprint density at radius 3 is 2.57 bits per heavy atom. The molecule has 0 aliphatic carbocycles. The first-order valence-electron chi connectivity index (χ1n) is 9.68. The molecule has 1 aliphatic heterocycles. The lowest BCUT2D eigenvalue weighted by molar-refractivity contribution is -0.130.